The zero-order chi connectivity index (χ0) is 12.3. The standard InChI is InChI=1S/C14H25N3/c1-3-17(4-2)12-8-7-10-15-13-14-9-5-6-11-16-14/h5-6,9,11,15H,3-4,7-8,10,12-13H2,1-2H3. The van der Waals surface area contributed by atoms with Gasteiger partial charge in [0.05, 0.1) is 5.69 Å². The van der Waals surface area contributed by atoms with E-state index in [1.807, 2.05) is 18.3 Å². The van der Waals surface area contributed by atoms with Crippen molar-refractivity contribution in [3.8, 4) is 0 Å². The van der Waals surface area contributed by atoms with E-state index in [1.165, 1.54) is 19.4 Å². The van der Waals surface area contributed by atoms with Crippen LogP contribution in [-0.2, 0) is 6.54 Å². The van der Waals surface area contributed by atoms with Gasteiger partial charge in [0.1, 0.15) is 0 Å². The first-order chi connectivity index (χ1) is 8.36. The van der Waals surface area contributed by atoms with E-state index < -0.39 is 0 Å². The zero-order valence-electron chi connectivity index (χ0n) is 11.2. The monoisotopic (exact) mass is 235 g/mol. The lowest BCUT2D eigenvalue weighted by atomic mass is 10.2. The fraction of sp³-hybridized carbons (Fsp3) is 0.643. The molecule has 0 atom stereocenters. The molecule has 0 saturated heterocycles. The van der Waals surface area contributed by atoms with Gasteiger partial charge in [-0.25, -0.2) is 0 Å². The van der Waals surface area contributed by atoms with Crippen molar-refractivity contribution >= 4 is 0 Å². The van der Waals surface area contributed by atoms with Crippen molar-refractivity contribution in [1.29, 1.82) is 0 Å². The minimum atomic E-state index is 0.881. The Labute approximate surface area is 105 Å². The summed E-state index contributed by atoms with van der Waals surface area (Å²) in [6, 6.07) is 6.04. The van der Waals surface area contributed by atoms with Gasteiger partial charge in [-0.3, -0.25) is 4.98 Å². The molecule has 1 aromatic heterocycles. The van der Waals surface area contributed by atoms with Crippen molar-refractivity contribution in [2.24, 2.45) is 0 Å². The molecule has 0 spiro atoms. The van der Waals surface area contributed by atoms with Crippen LogP contribution in [0.25, 0.3) is 0 Å². The number of unbranched alkanes of at least 4 members (excludes halogenated alkanes) is 1. The Morgan fingerprint density at radius 2 is 2.00 bits per heavy atom. The first-order valence-electron chi connectivity index (χ1n) is 6.69. The van der Waals surface area contributed by atoms with Gasteiger partial charge in [-0.05, 0) is 51.2 Å². The zero-order valence-corrected chi connectivity index (χ0v) is 11.2. The van der Waals surface area contributed by atoms with Gasteiger partial charge in [0.25, 0.3) is 0 Å². The number of nitrogens with zero attached hydrogens (tertiary/aromatic N) is 2. The molecule has 3 nitrogen and oxygen atoms in total. The Balaban J connectivity index is 1.98. The van der Waals surface area contributed by atoms with E-state index in [0.29, 0.717) is 0 Å². The van der Waals surface area contributed by atoms with Gasteiger partial charge < -0.3 is 10.2 Å². The van der Waals surface area contributed by atoms with Crippen LogP contribution in [0.5, 0.6) is 0 Å². The summed E-state index contributed by atoms with van der Waals surface area (Å²) in [6.07, 6.45) is 4.36. The molecule has 0 radical (unpaired) electrons. The molecule has 3 heteroatoms. The number of nitrogens with one attached hydrogen (secondary N) is 1. The maximum atomic E-state index is 4.28. The largest absolute Gasteiger partial charge is 0.311 e. The van der Waals surface area contributed by atoms with E-state index in [0.717, 1.165) is 31.9 Å². The van der Waals surface area contributed by atoms with Crippen LogP contribution in [0, 0.1) is 0 Å². The molecule has 96 valence electrons. The number of hydrogen-bond donors (Lipinski definition) is 1. The predicted molar refractivity (Wildman–Crippen MR) is 73.0 cm³/mol. The lowest BCUT2D eigenvalue weighted by molar-refractivity contribution is 0.296. The summed E-state index contributed by atoms with van der Waals surface area (Å²) in [5.74, 6) is 0. The van der Waals surface area contributed by atoms with E-state index in [2.05, 4.69) is 35.1 Å². The highest BCUT2D eigenvalue weighted by Gasteiger charge is 1.98. The second-order valence-electron chi connectivity index (χ2n) is 4.23. The molecule has 0 aliphatic carbocycles. The normalized spacial score (nSPS) is 11.0. The molecular formula is C14H25N3. The molecule has 17 heavy (non-hydrogen) atoms. The Morgan fingerprint density at radius 3 is 2.65 bits per heavy atom. The Hall–Kier alpha value is -0.930. The predicted octanol–water partition coefficient (Wildman–Crippen LogP) is 2.29. The quantitative estimate of drug-likeness (QED) is 0.666. The average molecular weight is 235 g/mol. The summed E-state index contributed by atoms with van der Waals surface area (Å²) in [6.45, 7) is 9.96. The van der Waals surface area contributed by atoms with Crippen LogP contribution in [0.1, 0.15) is 32.4 Å². The van der Waals surface area contributed by atoms with E-state index in [1.54, 1.807) is 0 Å². The summed E-state index contributed by atoms with van der Waals surface area (Å²) in [4.78, 5) is 6.75. The summed E-state index contributed by atoms with van der Waals surface area (Å²) in [7, 11) is 0. The van der Waals surface area contributed by atoms with Crippen molar-refractivity contribution in [2.45, 2.75) is 33.2 Å². The summed E-state index contributed by atoms with van der Waals surface area (Å²) >= 11 is 0. The fourth-order valence-electron chi connectivity index (χ4n) is 1.84. The fourth-order valence-corrected chi connectivity index (χ4v) is 1.84. The van der Waals surface area contributed by atoms with Crippen molar-refractivity contribution in [3.63, 3.8) is 0 Å². The number of rotatable bonds is 9. The first-order valence-corrected chi connectivity index (χ1v) is 6.69. The van der Waals surface area contributed by atoms with Crippen molar-refractivity contribution in [3.05, 3.63) is 30.1 Å². The average Bonchev–Trinajstić information content (AvgIpc) is 2.39. The Morgan fingerprint density at radius 1 is 1.18 bits per heavy atom. The van der Waals surface area contributed by atoms with Gasteiger partial charge in [0, 0.05) is 12.7 Å². The van der Waals surface area contributed by atoms with Crippen LogP contribution < -0.4 is 5.32 Å². The number of hydrogen-bond acceptors (Lipinski definition) is 3. The molecule has 1 heterocycles. The number of aromatic nitrogens is 1. The molecular weight excluding hydrogens is 210 g/mol. The van der Waals surface area contributed by atoms with Crippen molar-refractivity contribution in [1.82, 2.24) is 15.2 Å². The third-order valence-electron chi connectivity index (χ3n) is 3.00. The summed E-state index contributed by atoms with van der Waals surface area (Å²) in [5.41, 5.74) is 1.12. The smallest absolute Gasteiger partial charge is 0.0541 e. The van der Waals surface area contributed by atoms with Crippen LogP contribution >= 0.6 is 0 Å². The van der Waals surface area contributed by atoms with E-state index in [-0.39, 0.29) is 0 Å². The van der Waals surface area contributed by atoms with Gasteiger partial charge in [0.15, 0.2) is 0 Å². The van der Waals surface area contributed by atoms with Gasteiger partial charge in [-0.15, -0.1) is 0 Å². The lowest BCUT2D eigenvalue weighted by Crippen LogP contribution is -2.25. The molecule has 0 aromatic carbocycles. The van der Waals surface area contributed by atoms with Crippen LogP contribution in [0.4, 0.5) is 0 Å². The minimum absolute atomic E-state index is 0.881. The van der Waals surface area contributed by atoms with Gasteiger partial charge >= 0.3 is 0 Å². The SMILES string of the molecule is CCN(CC)CCCCNCc1ccccn1. The summed E-state index contributed by atoms with van der Waals surface area (Å²) in [5, 5.41) is 3.43. The molecule has 1 rings (SSSR count). The molecule has 0 bridgehead atoms. The van der Waals surface area contributed by atoms with Crippen LogP contribution in [0.15, 0.2) is 24.4 Å². The van der Waals surface area contributed by atoms with E-state index in [9.17, 15) is 0 Å². The third kappa shape index (κ3) is 6.39. The molecule has 0 unspecified atom stereocenters. The van der Waals surface area contributed by atoms with Crippen LogP contribution in [-0.4, -0.2) is 36.1 Å². The molecule has 1 aromatic rings. The Kier molecular flexibility index (Phi) is 7.60. The summed E-state index contributed by atoms with van der Waals surface area (Å²) < 4.78 is 0. The van der Waals surface area contributed by atoms with Crippen LogP contribution in [0.2, 0.25) is 0 Å². The van der Waals surface area contributed by atoms with Crippen molar-refractivity contribution < 1.29 is 0 Å². The minimum Gasteiger partial charge on any atom is -0.311 e. The molecule has 0 aliphatic heterocycles. The molecule has 1 N–H and O–H groups in total. The number of pyridine rings is 1. The topological polar surface area (TPSA) is 28.2 Å². The first kappa shape index (κ1) is 14.1. The second-order valence-corrected chi connectivity index (χ2v) is 4.23. The van der Waals surface area contributed by atoms with Gasteiger partial charge in [0.2, 0.25) is 0 Å². The highest BCUT2D eigenvalue weighted by molar-refractivity contribution is 5.02. The molecule has 0 saturated carbocycles. The van der Waals surface area contributed by atoms with Crippen molar-refractivity contribution in [2.75, 3.05) is 26.2 Å². The van der Waals surface area contributed by atoms with Gasteiger partial charge in [-0.1, -0.05) is 19.9 Å². The van der Waals surface area contributed by atoms with E-state index >= 15 is 0 Å². The molecule has 0 aliphatic rings. The highest BCUT2D eigenvalue weighted by Crippen LogP contribution is 1.95. The third-order valence-corrected chi connectivity index (χ3v) is 3.00. The van der Waals surface area contributed by atoms with E-state index in [4.69, 9.17) is 0 Å². The second kappa shape index (κ2) is 9.14. The van der Waals surface area contributed by atoms with Crippen LogP contribution in [0.3, 0.4) is 0 Å². The van der Waals surface area contributed by atoms with Gasteiger partial charge in [-0.2, -0.15) is 0 Å². The maximum absolute atomic E-state index is 4.28. The lowest BCUT2D eigenvalue weighted by Gasteiger charge is -2.17. The highest BCUT2D eigenvalue weighted by atomic mass is 15.1. The molecule has 0 amide bonds. The Bertz CT molecular complexity index is 270. The maximum Gasteiger partial charge on any atom is 0.0541 e. The molecule has 0 fully saturated rings.